The number of rotatable bonds is 0. The van der Waals surface area contributed by atoms with Crippen LogP contribution in [0.5, 0.6) is 0 Å². The minimum absolute atomic E-state index is 0.144. The monoisotopic (exact) mass is 837 g/mol. The van der Waals surface area contributed by atoms with Crippen LogP contribution in [0, 0.1) is 16.2 Å². The Morgan fingerprint density at radius 2 is 0.778 bits per heavy atom. The van der Waals surface area contributed by atoms with Crippen molar-refractivity contribution in [2.75, 3.05) is 0 Å². The molecule has 9 rings (SSSR count). The summed E-state index contributed by atoms with van der Waals surface area (Å²) in [5.74, 6) is 1.35. The molecule has 6 aromatic rings. The van der Waals surface area contributed by atoms with Gasteiger partial charge in [0.2, 0.25) is 0 Å². The number of hydrogen-bond acceptors (Lipinski definition) is 2. The van der Waals surface area contributed by atoms with Crippen molar-refractivity contribution in [1.82, 2.24) is 9.97 Å². The van der Waals surface area contributed by atoms with Gasteiger partial charge in [-0.05, 0) is 117 Å². The first-order chi connectivity index (χ1) is 29.1. The summed E-state index contributed by atoms with van der Waals surface area (Å²) in [6, 6.07) is 24.6. The normalized spacial score (nSPS) is 18.3. The van der Waals surface area contributed by atoms with Crippen LogP contribution in [0.3, 0.4) is 0 Å². The van der Waals surface area contributed by atoms with E-state index in [1.54, 1.807) is 5.56 Å². The second-order valence-electron chi connectivity index (χ2n) is 25.0. The number of aromatic nitrogens is 2. The molecule has 63 heavy (non-hydrogen) atoms. The molecule has 3 aliphatic rings. The molecule has 0 N–H and O–H groups in total. The van der Waals surface area contributed by atoms with Crippen LogP contribution in [0.2, 0.25) is 0 Å². The summed E-state index contributed by atoms with van der Waals surface area (Å²) in [5.41, 5.74) is 14.9. The Morgan fingerprint density at radius 1 is 0.365 bits per heavy atom. The highest BCUT2D eigenvalue weighted by atomic mass is 14.7. The predicted molar refractivity (Wildman–Crippen MR) is 277 cm³/mol. The van der Waals surface area contributed by atoms with Gasteiger partial charge < -0.3 is 0 Å². The van der Waals surface area contributed by atoms with Crippen LogP contribution < -0.4 is 0 Å². The highest BCUT2D eigenvalue weighted by Gasteiger charge is 2.36. The lowest BCUT2D eigenvalue weighted by atomic mass is 9.67. The molecule has 0 aliphatic heterocycles. The molecule has 330 valence electrons. The van der Waals surface area contributed by atoms with Gasteiger partial charge in [-0.1, -0.05) is 204 Å². The van der Waals surface area contributed by atoms with Gasteiger partial charge in [0.05, 0.1) is 11.2 Å². The maximum Gasteiger partial charge on any atom is 0.0711 e. The third kappa shape index (κ3) is 8.99. The first kappa shape index (κ1) is 46.2. The van der Waals surface area contributed by atoms with Crippen molar-refractivity contribution in [2.45, 2.75) is 159 Å². The van der Waals surface area contributed by atoms with Gasteiger partial charge in [-0.15, -0.1) is 0 Å². The summed E-state index contributed by atoms with van der Waals surface area (Å²) < 4.78 is 0. The number of pyridine rings is 2. The molecule has 2 nitrogen and oxygen atoms in total. The van der Waals surface area contributed by atoms with Crippen molar-refractivity contribution in [3.8, 4) is 0 Å². The second-order valence-corrected chi connectivity index (χ2v) is 25.0. The molecule has 0 fully saturated rings. The van der Waals surface area contributed by atoms with E-state index < -0.39 is 0 Å². The molecular weight excluding hydrogens is 761 g/mol. The largest absolute Gasteiger partial charge is 0.256 e. The maximum atomic E-state index is 4.59. The Kier molecular flexibility index (Phi) is 11.7. The Labute approximate surface area is 381 Å². The van der Waals surface area contributed by atoms with E-state index in [0.717, 1.165) is 11.2 Å². The van der Waals surface area contributed by atoms with Crippen LogP contribution in [0.1, 0.15) is 193 Å². The van der Waals surface area contributed by atoms with E-state index in [0.29, 0.717) is 17.8 Å². The van der Waals surface area contributed by atoms with Crippen LogP contribution in [-0.2, 0) is 16.2 Å². The second kappa shape index (κ2) is 16.0. The first-order valence-corrected chi connectivity index (χ1v) is 23.5. The van der Waals surface area contributed by atoms with E-state index in [9.17, 15) is 0 Å². The zero-order chi connectivity index (χ0) is 46.2. The molecule has 2 aromatic heterocycles. The van der Waals surface area contributed by atoms with Crippen molar-refractivity contribution >= 4 is 50.7 Å². The Balaban J connectivity index is 0.000000142. The molecule has 0 amide bonds. The third-order valence-corrected chi connectivity index (χ3v) is 13.6. The molecule has 0 bridgehead atoms. The summed E-state index contributed by atoms with van der Waals surface area (Å²) in [7, 11) is 0. The third-order valence-electron chi connectivity index (χ3n) is 13.6. The van der Waals surface area contributed by atoms with Crippen LogP contribution in [0.15, 0.2) is 97.4 Å². The average Bonchev–Trinajstić information content (AvgIpc) is 3.17. The van der Waals surface area contributed by atoms with Gasteiger partial charge in [0.15, 0.2) is 0 Å². The Morgan fingerprint density at radius 3 is 1.27 bits per heavy atom. The van der Waals surface area contributed by atoms with Gasteiger partial charge in [-0.3, -0.25) is 9.97 Å². The summed E-state index contributed by atoms with van der Waals surface area (Å²) in [5, 5.41) is 6.85. The highest BCUT2D eigenvalue weighted by molar-refractivity contribution is 5.98. The molecule has 2 heterocycles. The van der Waals surface area contributed by atoms with Crippen molar-refractivity contribution in [3.63, 3.8) is 0 Å². The number of hydrogen-bond donors (Lipinski definition) is 0. The Hall–Kier alpha value is -4.82. The molecule has 2 heteroatoms. The van der Waals surface area contributed by atoms with Crippen LogP contribution in [0.25, 0.3) is 50.7 Å². The van der Waals surface area contributed by atoms with E-state index in [4.69, 9.17) is 0 Å². The van der Waals surface area contributed by atoms with Crippen LogP contribution >= 0.6 is 0 Å². The maximum absolute atomic E-state index is 4.59. The van der Waals surface area contributed by atoms with Crippen molar-refractivity contribution in [3.05, 3.63) is 148 Å². The van der Waals surface area contributed by atoms with Gasteiger partial charge >= 0.3 is 0 Å². The SMILES string of the molecule is CC(C)(C)c1ccc2cccc3c2c1C(C(C)(C)C)C=C3.CC(C)(C)c1ccc2ccnc3c2c1C(C(C)(C)C)C=C3.CC(C)(C)c1ccc2nccc3c2c1C(C(C)(C)C)C=C3. The van der Waals surface area contributed by atoms with Crippen molar-refractivity contribution in [1.29, 1.82) is 0 Å². The summed E-state index contributed by atoms with van der Waals surface area (Å²) in [6.45, 7) is 41.8. The van der Waals surface area contributed by atoms with E-state index >= 15 is 0 Å². The standard InChI is InChI=1S/C21H26.2C20H25N/c1-20(2,3)16-12-10-14-8-7-9-15-11-13-17(21(4,5)6)19(16)18(14)15;2*1-19(2,3)14-8-7-13-11-12-21-16-10-9-15(20(4,5)6)18(14)17(13)16/h7-13,16H,1-6H3;7-12,15H,1-6H3;7-12,14H,1-6H3. The van der Waals surface area contributed by atoms with E-state index in [2.05, 4.69) is 238 Å². The molecular formula is C61H76N2. The lowest BCUT2D eigenvalue weighted by Crippen LogP contribution is -2.24. The lowest BCUT2D eigenvalue weighted by molar-refractivity contribution is 0.363. The van der Waals surface area contributed by atoms with Gasteiger partial charge in [0.25, 0.3) is 0 Å². The van der Waals surface area contributed by atoms with Crippen molar-refractivity contribution < 1.29 is 0 Å². The lowest BCUT2D eigenvalue weighted by Gasteiger charge is -2.36. The average molecular weight is 837 g/mol. The quantitative estimate of drug-likeness (QED) is 0.152. The fourth-order valence-corrected chi connectivity index (χ4v) is 10.4. The predicted octanol–water partition coefficient (Wildman–Crippen LogP) is 17.7. The number of nitrogens with zero attached hydrogens (tertiary/aromatic N) is 2. The Bertz CT molecular complexity index is 2470. The smallest absolute Gasteiger partial charge is 0.0711 e. The molecule has 3 aliphatic carbocycles. The molecule has 0 radical (unpaired) electrons. The zero-order valence-corrected chi connectivity index (χ0v) is 42.1. The molecule has 0 spiro atoms. The zero-order valence-electron chi connectivity index (χ0n) is 42.1. The molecule has 3 atom stereocenters. The van der Waals surface area contributed by atoms with Gasteiger partial charge in [-0.2, -0.15) is 0 Å². The van der Waals surface area contributed by atoms with Crippen LogP contribution in [-0.4, -0.2) is 9.97 Å². The molecule has 3 unspecified atom stereocenters. The summed E-state index contributed by atoms with van der Waals surface area (Å²) in [6.07, 6.45) is 17.8. The molecule has 0 saturated carbocycles. The summed E-state index contributed by atoms with van der Waals surface area (Å²) >= 11 is 0. The molecule has 4 aromatic carbocycles. The fraction of sp³-hybridized carbons (Fsp3) is 0.443. The van der Waals surface area contributed by atoms with Gasteiger partial charge in [-0.25, -0.2) is 0 Å². The number of benzene rings is 4. The first-order valence-electron chi connectivity index (χ1n) is 23.5. The van der Waals surface area contributed by atoms with E-state index in [1.807, 2.05) is 12.4 Å². The van der Waals surface area contributed by atoms with Gasteiger partial charge in [0.1, 0.15) is 0 Å². The van der Waals surface area contributed by atoms with Gasteiger partial charge in [0, 0.05) is 40.9 Å². The van der Waals surface area contributed by atoms with E-state index in [1.165, 1.54) is 65.9 Å². The number of allylic oxidation sites excluding steroid dienone is 3. The van der Waals surface area contributed by atoms with Crippen LogP contribution in [0.4, 0.5) is 0 Å². The highest BCUT2D eigenvalue weighted by Crippen LogP contribution is 2.50. The summed E-state index contributed by atoms with van der Waals surface area (Å²) in [4.78, 5) is 9.18. The van der Waals surface area contributed by atoms with E-state index in [-0.39, 0.29) is 32.5 Å². The fourth-order valence-electron chi connectivity index (χ4n) is 10.4. The topological polar surface area (TPSA) is 25.8 Å². The minimum atomic E-state index is 0.144. The van der Waals surface area contributed by atoms with Crippen molar-refractivity contribution in [2.24, 2.45) is 16.2 Å². The minimum Gasteiger partial charge on any atom is -0.256 e. The molecule has 0 saturated heterocycles.